The number of carbonyl (C=O) groups excluding carboxylic acids is 1. The number of alkyl halides is 3. The Balaban J connectivity index is 1.50. The molecule has 0 spiro atoms. The molecular formula is C26H29F3N4O2S. The van der Waals surface area contributed by atoms with Gasteiger partial charge in [0.15, 0.2) is 0 Å². The van der Waals surface area contributed by atoms with E-state index in [1.807, 2.05) is 24.3 Å². The van der Waals surface area contributed by atoms with E-state index < -0.39 is 17.8 Å². The number of aromatic nitrogens is 2. The molecular weight excluding hydrogens is 489 g/mol. The highest BCUT2D eigenvalue weighted by Gasteiger charge is 2.37. The number of hydrogen-bond donors (Lipinski definition) is 1. The fraction of sp³-hybridized carbons (Fsp3) is 0.462. The fourth-order valence-electron chi connectivity index (χ4n) is 5.33. The Morgan fingerprint density at radius 3 is 2.50 bits per heavy atom. The number of hydrogen-bond acceptors (Lipinski definition) is 5. The van der Waals surface area contributed by atoms with E-state index >= 15 is 0 Å². The monoisotopic (exact) mass is 518 g/mol. The lowest BCUT2D eigenvalue weighted by atomic mass is 9.84. The van der Waals surface area contributed by atoms with E-state index in [1.165, 1.54) is 23.9 Å². The van der Waals surface area contributed by atoms with Crippen LogP contribution < -0.4 is 5.73 Å². The summed E-state index contributed by atoms with van der Waals surface area (Å²) in [6.07, 6.45) is -3.63. The number of nitrogens with zero attached hydrogens (tertiary/aromatic N) is 3. The smallest absolute Gasteiger partial charge is 0.416 e. The van der Waals surface area contributed by atoms with Crippen LogP contribution in [-0.2, 0) is 10.9 Å². The summed E-state index contributed by atoms with van der Waals surface area (Å²) in [6, 6.07) is 10.2. The van der Waals surface area contributed by atoms with Crippen molar-refractivity contribution in [2.24, 2.45) is 11.1 Å². The van der Waals surface area contributed by atoms with Gasteiger partial charge in [-0.05, 0) is 55.6 Å². The maximum atomic E-state index is 13.6. The third-order valence-electron chi connectivity index (χ3n) is 7.11. The molecule has 2 aromatic carbocycles. The van der Waals surface area contributed by atoms with Crippen molar-refractivity contribution in [3.63, 3.8) is 0 Å². The number of carbonyl (C=O) groups is 1. The summed E-state index contributed by atoms with van der Waals surface area (Å²) < 4.78 is 48.2. The van der Waals surface area contributed by atoms with Gasteiger partial charge in [0.2, 0.25) is 0 Å². The van der Waals surface area contributed by atoms with E-state index in [-0.39, 0.29) is 24.0 Å². The van der Waals surface area contributed by atoms with E-state index in [0.29, 0.717) is 10.4 Å². The van der Waals surface area contributed by atoms with Gasteiger partial charge in [-0.25, -0.2) is 9.78 Å². The molecule has 1 fully saturated rings. The molecule has 0 aliphatic carbocycles. The van der Waals surface area contributed by atoms with Gasteiger partial charge in [-0.2, -0.15) is 13.2 Å². The fourth-order valence-corrected chi connectivity index (χ4v) is 6.46. The quantitative estimate of drug-likeness (QED) is 0.348. The van der Waals surface area contributed by atoms with E-state index in [0.717, 1.165) is 47.9 Å². The van der Waals surface area contributed by atoms with Gasteiger partial charge in [0.1, 0.15) is 12.4 Å². The zero-order valence-corrected chi connectivity index (χ0v) is 21.2. The summed E-state index contributed by atoms with van der Waals surface area (Å²) in [5, 5.41) is 0. The first-order valence-corrected chi connectivity index (χ1v) is 12.8. The Morgan fingerprint density at radius 1 is 1.17 bits per heavy atom. The summed E-state index contributed by atoms with van der Waals surface area (Å²) in [6.45, 7) is 8.05. The SMILES string of the molecule is CC(C)(C)C(COC(N)=O)N1CCC(c2nc3cc(C(F)(F)F)cc4c3n2-c2ccccc2S4)CC1. The summed E-state index contributed by atoms with van der Waals surface area (Å²) in [7, 11) is 0. The van der Waals surface area contributed by atoms with Crippen molar-refractivity contribution in [3.05, 3.63) is 47.8 Å². The van der Waals surface area contributed by atoms with Crippen molar-refractivity contribution in [3.8, 4) is 5.69 Å². The van der Waals surface area contributed by atoms with Crippen LogP contribution in [0.1, 0.15) is 50.9 Å². The summed E-state index contributed by atoms with van der Waals surface area (Å²) in [4.78, 5) is 19.8. The second-order valence-electron chi connectivity index (χ2n) is 10.5. The van der Waals surface area contributed by atoms with Crippen molar-refractivity contribution >= 4 is 28.9 Å². The highest BCUT2D eigenvalue weighted by Crippen LogP contribution is 2.47. The molecule has 1 unspecified atom stereocenters. The molecule has 10 heteroatoms. The van der Waals surface area contributed by atoms with Crippen molar-refractivity contribution in [1.29, 1.82) is 0 Å². The second-order valence-corrected chi connectivity index (χ2v) is 11.6. The molecule has 2 aliphatic rings. The van der Waals surface area contributed by atoms with Crippen LogP contribution in [0.3, 0.4) is 0 Å². The van der Waals surface area contributed by atoms with Crippen LogP contribution in [0.25, 0.3) is 16.7 Å². The van der Waals surface area contributed by atoms with Crippen molar-refractivity contribution in [2.75, 3.05) is 19.7 Å². The number of likely N-dealkylation sites (tertiary alicyclic amines) is 1. The van der Waals surface area contributed by atoms with Crippen molar-refractivity contribution in [2.45, 2.75) is 61.5 Å². The largest absolute Gasteiger partial charge is 0.448 e. The van der Waals surface area contributed by atoms with Crippen LogP contribution in [-0.4, -0.2) is 46.3 Å². The first-order chi connectivity index (χ1) is 16.9. The Morgan fingerprint density at radius 2 is 1.86 bits per heavy atom. The van der Waals surface area contributed by atoms with Gasteiger partial charge in [0.05, 0.1) is 22.3 Å². The number of rotatable bonds is 4. The van der Waals surface area contributed by atoms with Crippen LogP contribution in [0.4, 0.5) is 18.0 Å². The molecule has 2 aliphatic heterocycles. The second kappa shape index (κ2) is 8.99. The predicted octanol–water partition coefficient (Wildman–Crippen LogP) is 6.20. The average molecular weight is 519 g/mol. The number of nitrogens with two attached hydrogens (primary N) is 1. The Labute approximate surface area is 212 Å². The van der Waals surface area contributed by atoms with Crippen molar-refractivity contribution in [1.82, 2.24) is 14.5 Å². The lowest BCUT2D eigenvalue weighted by Gasteiger charge is -2.43. The molecule has 0 radical (unpaired) electrons. The van der Waals surface area contributed by atoms with Gasteiger partial charge in [-0.1, -0.05) is 44.7 Å². The molecule has 6 nitrogen and oxygen atoms in total. The zero-order chi connectivity index (χ0) is 25.8. The van der Waals surface area contributed by atoms with Gasteiger partial charge in [-0.15, -0.1) is 0 Å². The molecule has 0 saturated carbocycles. The van der Waals surface area contributed by atoms with E-state index in [2.05, 4.69) is 30.2 Å². The molecule has 1 saturated heterocycles. The van der Waals surface area contributed by atoms with E-state index in [9.17, 15) is 18.0 Å². The number of benzene rings is 2. The van der Waals surface area contributed by atoms with Gasteiger partial charge in [0.25, 0.3) is 0 Å². The minimum atomic E-state index is -4.44. The molecule has 1 amide bonds. The maximum absolute atomic E-state index is 13.6. The molecule has 5 rings (SSSR count). The summed E-state index contributed by atoms with van der Waals surface area (Å²) >= 11 is 1.36. The van der Waals surface area contributed by atoms with E-state index in [4.69, 9.17) is 15.5 Å². The Bertz CT molecular complexity index is 1310. The highest BCUT2D eigenvalue weighted by molar-refractivity contribution is 7.99. The molecule has 36 heavy (non-hydrogen) atoms. The van der Waals surface area contributed by atoms with Crippen LogP contribution in [0.15, 0.2) is 46.2 Å². The highest BCUT2D eigenvalue weighted by atomic mass is 32.2. The average Bonchev–Trinajstić information content (AvgIpc) is 3.19. The summed E-state index contributed by atoms with van der Waals surface area (Å²) in [5.41, 5.74) is 6.48. The van der Waals surface area contributed by atoms with Crippen LogP contribution in [0, 0.1) is 5.41 Å². The van der Waals surface area contributed by atoms with Gasteiger partial charge >= 0.3 is 12.3 Å². The number of amides is 1. The minimum Gasteiger partial charge on any atom is -0.448 e. The molecule has 192 valence electrons. The first-order valence-electron chi connectivity index (χ1n) is 12.0. The lowest BCUT2D eigenvalue weighted by Crippen LogP contribution is -2.50. The number of halogens is 3. The van der Waals surface area contributed by atoms with E-state index in [1.54, 1.807) is 0 Å². The molecule has 1 aromatic heterocycles. The Hall–Kier alpha value is -2.72. The molecule has 3 heterocycles. The van der Waals surface area contributed by atoms with Gasteiger partial charge in [0, 0.05) is 21.8 Å². The number of piperidine rings is 1. The van der Waals surface area contributed by atoms with Crippen LogP contribution in [0.2, 0.25) is 0 Å². The zero-order valence-electron chi connectivity index (χ0n) is 20.4. The van der Waals surface area contributed by atoms with Crippen LogP contribution in [0.5, 0.6) is 0 Å². The topological polar surface area (TPSA) is 73.4 Å². The van der Waals surface area contributed by atoms with Crippen molar-refractivity contribution < 1.29 is 22.7 Å². The third-order valence-corrected chi connectivity index (χ3v) is 8.21. The maximum Gasteiger partial charge on any atom is 0.416 e. The molecule has 0 bridgehead atoms. The lowest BCUT2D eigenvalue weighted by molar-refractivity contribution is -0.137. The minimum absolute atomic E-state index is 0.00160. The number of imidazole rings is 1. The number of fused-ring (bicyclic) bond motifs is 2. The normalized spacial score (nSPS) is 17.7. The first kappa shape index (κ1) is 25.0. The van der Waals surface area contributed by atoms with Gasteiger partial charge in [-0.3, -0.25) is 9.47 Å². The standard InChI is InChI=1S/C26H29F3N4O2S/c1-25(2,3)21(14-35-24(30)34)32-10-8-15(9-11-32)23-31-17-12-16(26(27,28)29)13-20-22(17)33(23)18-6-4-5-7-19(18)36-20/h4-7,12-13,15,21H,8-11,14H2,1-3H3,(H2,30,34). The third kappa shape index (κ3) is 4.56. The molecule has 2 N–H and O–H groups in total. The summed E-state index contributed by atoms with van der Waals surface area (Å²) in [5.74, 6) is 0.892. The number of primary amides is 1. The molecule has 1 atom stereocenters. The molecule has 3 aromatic rings. The number of ether oxygens (including phenoxy) is 1. The predicted molar refractivity (Wildman–Crippen MR) is 133 cm³/mol. The number of para-hydroxylation sites is 1. The van der Waals surface area contributed by atoms with Gasteiger partial charge < -0.3 is 10.5 Å². The van der Waals surface area contributed by atoms with Crippen LogP contribution >= 0.6 is 11.8 Å². The Kier molecular flexibility index (Phi) is 6.23.